The van der Waals surface area contributed by atoms with Gasteiger partial charge in [0, 0.05) is 24.9 Å². The summed E-state index contributed by atoms with van der Waals surface area (Å²) in [5.41, 5.74) is 5.42. The highest BCUT2D eigenvalue weighted by Crippen LogP contribution is 2.28. The smallest absolute Gasteiger partial charge is 0.228 e. The summed E-state index contributed by atoms with van der Waals surface area (Å²) in [6.07, 6.45) is 0.905. The number of hydrogen-bond acceptors (Lipinski definition) is 5. The Kier molecular flexibility index (Phi) is 3.41. The molecular formula is C8H18N2O4S2. The van der Waals surface area contributed by atoms with Crippen LogP contribution in [0.1, 0.15) is 13.8 Å². The maximum Gasteiger partial charge on any atom is 0.228 e. The van der Waals surface area contributed by atoms with Gasteiger partial charge >= 0.3 is 0 Å². The molecule has 1 rings (SSSR count). The molecule has 16 heavy (non-hydrogen) atoms. The third-order valence-electron chi connectivity index (χ3n) is 2.85. The van der Waals surface area contributed by atoms with Crippen molar-refractivity contribution in [3.8, 4) is 0 Å². The number of sulfonamides is 1. The molecule has 0 saturated carbocycles. The van der Waals surface area contributed by atoms with E-state index in [1.807, 2.05) is 13.8 Å². The van der Waals surface area contributed by atoms with Crippen molar-refractivity contribution in [2.24, 2.45) is 11.7 Å². The molecule has 1 aliphatic rings. The molecular weight excluding hydrogens is 252 g/mol. The molecule has 0 aromatic carbocycles. The van der Waals surface area contributed by atoms with E-state index >= 15 is 0 Å². The van der Waals surface area contributed by atoms with E-state index in [0.717, 1.165) is 10.6 Å². The zero-order chi connectivity index (χ0) is 12.8. The zero-order valence-corrected chi connectivity index (χ0v) is 11.3. The van der Waals surface area contributed by atoms with E-state index in [2.05, 4.69) is 0 Å². The highest BCUT2D eigenvalue weighted by atomic mass is 32.3. The second-order valence-corrected chi connectivity index (χ2v) is 9.29. The molecule has 1 saturated heterocycles. The Morgan fingerprint density at radius 1 is 1.25 bits per heavy atom. The van der Waals surface area contributed by atoms with Gasteiger partial charge in [-0.25, -0.2) is 16.8 Å². The van der Waals surface area contributed by atoms with E-state index in [4.69, 9.17) is 5.73 Å². The molecule has 2 N–H and O–H groups in total. The molecule has 1 fully saturated rings. The van der Waals surface area contributed by atoms with Crippen LogP contribution in [0.15, 0.2) is 0 Å². The van der Waals surface area contributed by atoms with Crippen LogP contribution < -0.4 is 5.73 Å². The number of nitrogens with two attached hydrogens (primary N) is 1. The molecule has 0 aromatic heterocycles. The second-order valence-electron chi connectivity index (χ2n) is 4.81. The van der Waals surface area contributed by atoms with Crippen LogP contribution in [0.3, 0.4) is 0 Å². The predicted molar refractivity (Wildman–Crippen MR) is 62.0 cm³/mol. The summed E-state index contributed by atoms with van der Waals surface area (Å²) in [6, 6.07) is 0. The largest absolute Gasteiger partial charge is 0.323 e. The fourth-order valence-corrected chi connectivity index (χ4v) is 5.15. The Labute approximate surface area is 96.8 Å². The van der Waals surface area contributed by atoms with Crippen LogP contribution in [0, 0.1) is 5.92 Å². The Bertz CT molecular complexity index is 460. The van der Waals surface area contributed by atoms with Crippen molar-refractivity contribution in [1.29, 1.82) is 0 Å². The van der Waals surface area contributed by atoms with Crippen molar-refractivity contribution in [2.75, 3.05) is 24.4 Å². The first kappa shape index (κ1) is 13.9. The molecule has 0 spiro atoms. The maximum absolute atomic E-state index is 11.6. The van der Waals surface area contributed by atoms with E-state index in [1.54, 1.807) is 0 Å². The summed E-state index contributed by atoms with van der Waals surface area (Å²) in [6.45, 7) is 4.23. The zero-order valence-electron chi connectivity index (χ0n) is 9.67. The van der Waals surface area contributed by atoms with Crippen molar-refractivity contribution >= 4 is 19.9 Å². The minimum Gasteiger partial charge on any atom is -0.323 e. The minimum absolute atomic E-state index is 0.164. The highest BCUT2D eigenvalue weighted by molar-refractivity contribution is 8.06. The van der Waals surface area contributed by atoms with Gasteiger partial charge in [-0.3, -0.25) is 0 Å². The van der Waals surface area contributed by atoms with Crippen LogP contribution in [0.2, 0.25) is 0 Å². The standard InChI is InChI=1S/C8H18N2O4S2/c1-7(2)8(9)4-10(5-8)16(13,14)6-15(3,11)12/h7H,4-6,9H2,1-3H3. The summed E-state index contributed by atoms with van der Waals surface area (Å²) in [5, 5.41) is -0.839. The van der Waals surface area contributed by atoms with E-state index in [9.17, 15) is 16.8 Å². The molecule has 1 heterocycles. The molecule has 0 unspecified atom stereocenters. The lowest BCUT2D eigenvalue weighted by molar-refractivity contribution is 0.111. The molecule has 0 bridgehead atoms. The monoisotopic (exact) mass is 270 g/mol. The molecule has 0 aromatic rings. The van der Waals surface area contributed by atoms with Crippen molar-refractivity contribution in [2.45, 2.75) is 19.4 Å². The van der Waals surface area contributed by atoms with Crippen molar-refractivity contribution < 1.29 is 16.8 Å². The molecule has 0 amide bonds. The molecule has 6 nitrogen and oxygen atoms in total. The van der Waals surface area contributed by atoms with Crippen LogP contribution in [0.25, 0.3) is 0 Å². The van der Waals surface area contributed by atoms with Crippen LogP contribution in [-0.4, -0.2) is 51.1 Å². The van der Waals surface area contributed by atoms with E-state index in [-0.39, 0.29) is 19.0 Å². The van der Waals surface area contributed by atoms with Crippen molar-refractivity contribution in [3.05, 3.63) is 0 Å². The topological polar surface area (TPSA) is 97.5 Å². The number of hydrogen-bond donors (Lipinski definition) is 1. The summed E-state index contributed by atoms with van der Waals surface area (Å²) < 4.78 is 46.3. The minimum atomic E-state index is -3.72. The van der Waals surface area contributed by atoms with Gasteiger partial charge in [0.1, 0.15) is 0 Å². The average molecular weight is 270 g/mol. The third kappa shape index (κ3) is 2.93. The lowest BCUT2D eigenvalue weighted by atomic mass is 9.82. The van der Waals surface area contributed by atoms with E-state index in [0.29, 0.717) is 0 Å². The lowest BCUT2D eigenvalue weighted by Gasteiger charge is -2.49. The number of sulfone groups is 1. The first-order valence-corrected chi connectivity index (χ1v) is 8.58. The van der Waals surface area contributed by atoms with Crippen molar-refractivity contribution in [3.63, 3.8) is 0 Å². The quantitative estimate of drug-likeness (QED) is 0.705. The van der Waals surface area contributed by atoms with Crippen molar-refractivity contribution in [1.82, 2.24) is 4.31 Å². The van der Waals surface area contributed by atoms with Gasteiger partial charge in [0.25, 0.3) is 0 Å². The molecule has 1 aliphatic heterocycles. The molecule has 0 aliphatic carbocycles. The van der Waals surface area contributed by atoms with Gasteiger partial charge in [-0.15, -0.1) is 0 Å². The van der Waals surface area contributed by atoms with Crippen LogP contribution in [0.4, 0.5) is 0 Å². The summed E-state index contributed by atoms with van der Waals surface area (Å²) in [5.74, 6) is 0.164. The van der Waals surface area contributed by atoms with Gasteiger partial charge in [0.2, 0.25) is 10.0 Å². The van der Waals surface area contributed by atoms with Gasteiger partial charge in [-0.05, 0) is 5.92 Å². The highest BCUT2D eigenvalue weighted by Gasteiger charge is 2.47. The maximum atomic E-state index is 11.6. The molecule has 0 atom stereocenters. The lowest BCUT2D eigenvalue weighted by Crippen LogP contribution is -2.71. The summed E-state index contributed by atoms with van der Waals surface area (Å²) in [7, 11) is -7.25. The first-order valence-electron chi connectivity index (χ1n) is 4.91. The normalized spacial score (nSPS) is 22.1. The first-order chi connectivity index (χ1) is 6.96. The number of rotatable bonds is 4. The van der Waals surface area contributed by atoms with Gasteiger partial charge in [-0.1, -0.05) is 13.8 Å². The van der Waals surface area contributed by atoms with Crippen LogP contribution in [-0.2, 0) is 19.9 Å². The Hall–Kier alpha value is -0.180. The van der Waals surface area contributed by atoms with Crippen LogP contribution >= 0.6 is 0 Å². The Morgan fingerprint density at radius 3 is 2.00 bits per heavy atom. The SMILES string of the molecule is CC(C)C1(N)CN(S(=O)(=O)CS(C)(=O)=O)C1. The Morgan fingerprint density at radius 2 is 1.69 bits per heavy atom. The molecule has 96 valence electrons. The fourth-order valence-electron chi connectivity index (χ4n) is 1.52. The molecule has 8 heteroatoms. The molecule has 0 radical (unpaired) electrons. The van der Waals surface area contributed by atoms with Gasteiger partial charge in [-0.2, -0.15) is 4.31 Å². The predicted octanol–water partition coefficient (Wildman–Crippen LogP) is -1.01. The average Bonchev–Trinajstić information content (AvgIpc) is 1.92. The number of nitrogens with zero attached hydrogens (tertiary/aromatic N) is 1. The van der Waals surface area contributed by atoms with Gasteiger partial charge < -0.3 is 5.73 Å². The Balaban J connectivity index is 2.72. The third-order valence-corrected chi connectivity index (χ3v) is 6.80. The van der Waals surface area contributed by atoms with E-state index in [1.165, 1.54) is 0 Å². The van der Waals surface area contributed by atoms with Gasteiger partial charge in [0.05, 0.1) is 0 Å². The van der Waals surface area contributed by atoms with Gasteiger partial charge in [0.15, 0.2) is 14.9 Å². The van der Waals surface area contributed by atoms with E-state index < -0.39 is 30.5 Å². The fraction of sp³-hybridized carbons (Fsp3) is 1.00. The summed E-state index contributed by atoms with van der Waals surface area (Å²) in [4.78, 5) is 0. The summed E-state index contributed by atoms with van der Waals surface area (Å²) >= 11 is 0. The van der Waals surface area contributed by atoms with Crippen LogP contribution in [0.5, 0.6) is 0 Å². The second kappa shape index (κ2) is 3.94.